The van der Waals surface area contributed by atoms with Crippen LogP contribution in [-0.2, 0) is 11.2 Å². The van der Waals surface area contributed by atoms with E-state index in [2.05, 4.69) is 15.3 Å². The van der Waals surface area contributed by atoms with E-state index in [1.165, 1.54) is 12.1 Å². The standard InChI is InChI=1S/C24H22FN3O/c25-18-10-8-17(9-11-18)21(22-16-28-23-7-2-1-6-20(22)23)15-24(29)27-14-12-19-5-3-4-13-26-19/h1-11,13,16,21,28H,12,14-15H2,(H,27,29)/t21-/m0/s1. The zero-order chi connectivity index (χ0) is 20.1. The van der Waals surface area contributed by atoms with Crippen molar-refractivity contribution in [3.63, 3.8) is 0 Å². The van der Waals surface area contributed by atoms with E-state index in [9.17, 15) is 9.18 Å². The maximum Gasteiger partial charge on any atom is 0.220 e. The molecule has 1 atom stereocenters. The van der Waals surface area contributed by atoms with Crippen LogP contribution < -0.4 is 5.32 Å². The number of H-pyrrole nitrogens is 1. The molecule has 0 aliphatic rings. The third kappa shape index (κ3) is 4.51. The number of rotatable bonds is 7. The van der Waals surface area contributed by atoms with Crippen LogP contribution in [0.15, 0.2) is 79.1 Å². The van der Waals surface area contributed by atoms with Gasteiger partial charge >= 0.3 is 0 Å². The molecule has 0 unspecified atom stereocenters. The molecule has 146 valence electrons. The second-order valence-electron chi connectivity index (χ2n) is 7.02. The second kappa shape index (κ2) is 8.69. The Bertz CT molecular complexity index is 1090. The Labute approximate surface area is 168 Å². The highest BCUT2D eigenvalue weighted by molar-refractivity contribution is 5.86. The van der Waals surface area contributed by atoms with Gasteiger partial charge in [0.15, 0.2) is 0 Å². The zero-order valence-corrected chi connectivity index (χ0v) is 15.9. The molecule has 2 heterocycles. The largest absolute Gasteiger partial charge is 0.361 e. The van der Waals surface area contributed by atoms with E-state index in [4.69, 9.17) is 0 Å². The van der Waals surface area contributed by atoms with Crippen molar-refractivity contribution in [2.24, 2.45) is 0 Å². The van der Waals surface area contributed by atoms with E-state index >= 15 is 0 Å². The number of nitrogens with zero attached hydrogens (tertiary/aromatic N) is 1. The first-order valence-corrected chi connectivity index (χ1v) is 9.69. The number of hydrogen-bond donors (Lipinski definition) is 2. The predicted molar refractivity (Wildman–Crippen MR) is 112 cm³/mol. The summed E-state index contributed by atoms with van der Waals surface area (Å²) in [6, 6.07) is 20.1. The maximum absolute atomic E-state index is 13.4. The molecule has 2 aromatic carbocycles. The number of fused-ring (bicyclic) bond motifs is 1. The molecule has 4 aromatic rings. The van der Waals surface area contributed by atoms with E-state index < -0.39 is 0 Å². The summed E-state index contributed by atoms with van der Waals surface area (Å²) in [6.45, 7) is 0.528. The Morgan fingerprint density at radius 2 is 1.83 bits per heavy atom. The van der Waals surface area contributed by atoms with Gasteiger partial charge in [0.2, 0.25) is 5.91 Å². The van der Waals surface area contributed by atoms with Gasteiger partial charge in [-0.3, -0.25) is 9.78 Å². The minimum absolute atomic E-state index is 0.0412. The van der Waals surface area contributed by atoms with Crippen molar-refractivity contribution in [1.82, 2.24) is 15.3 Å². The number of amides is 1. The van der Waals surface area contributed by atoms with Crippen LogP contribution in [0.4, 0.5) is 4.39 Å². The molecule has 0 saturated heterocycles. The molecule has 2 N–H and O–H groups in total. The monoisotopic (exact) mass is 387 g/mol. The van der Waals surface area contributed by atoms with Crippen molar-refractivity contribution >= 4 is 16.8 Å². The van der Waals surface area contributed by atoms with E-state index in [0.29, 0.717) is 13.0 Å². The van der Waals surface area contributed by atoms with Gasteiger partial charge in [0.1, 0.15) is 5.82 Å². The molecule has 0 spiro atoms. The number of para-hydroxylation sites is 1. The number of halogens is 1. The first-order chi connectivity index (χ1) is 14.2. The van der Waals surface area contributed by atoms with E-state index in [1.54, 1.807) is 18.3 Å². The van der Waals surface area contributed by atoms with Crippen LogP contribution in [0.25, 0.3) is 10.9 Å². The maximum atomic E-state index is 13.4. The number of nitrogens with one attached hydrogen (secondary N) is 2. The molecule has 29 heavy (non-hydrogen) atoms. The predicted octanol–water partition coefficient (Wildman–Crippen LogP) is 4.58. The number of benzene rings is 2. The smallest absolute Gasteiger partial charge is 0.220 e. The van der Waals surface area contributed by atoms with Crippen molar-refractivity contribution in [3.8, 4) is 0 Å². The van der Waals surface area contributed by atoms with Crippen LogP contribution in [-0.4, -0.2) is 22.4 Å². The lowest BCUT2D eigenvalue weighted by Crippen LogP contribution is -2.27. The molecule has 0 saturated carbocycles. The number of aromatic nitrogens is 2. The highest BCUT2D eigenvalue weighted by Gasteiger charge is 2.21. The number of carbonyl (C=O) groups excluding carboxylic acids is 1. The summed E-state index contributed by atoms with van der Waals surface area (Å²) in [4.78, 5) is 20.2. The summed E-state index contributed by atoms with van der Waals surface area (Å²) in [5.74, 6) is -0.492. The second-order valence-corrected chi connectivity index (χ2v) is 7.02. The normalized spacial score (nSPS) is 12.0. The SMILES string of the molecule is O=C(C[C@@H](c1ccc(F)cc1)c1c[nH]c2ccccc12)NCCc1ccccn1. The molecular weight excluding hydrogens is 365 g/mol. The molecule has 0 bridgehead atoms. The van der Waals surface area contributed by atoms with Crippen molar-refractivity contribution in [2.75, 3.05) is 6.54 Å². The van der Waals surface area contributed by atoms with Gasteiger partial charge in [-0.1, -0.05) is 36.4 Å². The van der Waals surface area contributed by atoms with Crippen LogP contribution in [0.1, 0.15) is 29.2 Å². The molecule has 0 aliphatic carbocycles. The third-order valence-electron chi connectivity index (χ3n) is 5.09. The molecule has 2 aromatic heterocycles. The average Bonchev–Trinajstić information content (AvgIpc) is 3.17. The van der Waals surface area contributed by atoms with Crippen molar-refractivity contribution in [1.29, 1.82) is 0 Å². The molecule has 1 amide bonds. The number of carbonyl (C=O) groups is 1. The topological polar surface area (TPSA) is 57.8 Å². The quantitative estimate of drug-likeness (QED) is 0.488. The van der Waals surface area contributed by atoms with Crippen LogP contribution in [0.5, 0.6) is 0 Å². The first-order valence-electron chi connectivity index (χ1n) is 9.69. The van der Waals surface area contributed by atoms with Crippen LogP contribution in [0.3, 0.4) is 0 Å². The Balaban J connectivity index is 1.52. The van der Waals surface area contributed by atoms with Crippen LogP contribution in [0, 0.1) is 5.82 Å². The summed E-state index contributed by atoms with van der Waals surface area (Å²) in [5, 5.41) is 4.06. The summed E-state index contributed by atoms with van der Waals surface area (Å²) < 4.78 is 13.4. The number of aromatic amines is 1. The Morgan fingerprint density at radius 3 is 2.62 bits per heavy atom. The Morgan fingerprint density at radius 1 is 1.03 bits per heavy atom. The molecule has 4 nitrogen and oxygen atoms in total. The van der Waals surface area contributed by atoms with E-state index in [-0.39, 0.29) is 24.1 Å². The molecule has 0 aliphatic heterocycles. The number of pyridine rings is 1. The Kier molecular flexibility index (Phi) is 5.66. The zero-order valence-electron chi connectivity index (χ0n) is 15.9. The van der Waals surface area contributed by atoms with Gasteiger partial charge in [0.25, 0.3) is 0 Å². The molecule has 4 rings (SSSR count). The fraction of sp³-hybridized carbons (Fsp3) is 0.167. The van der Waals surface area contributed by atoms with Gasteiger partial charge in [-0.2, -0.15) is 0 Å². The van der Waals surface area contributed by atoms with Gasteiger partial charge in [-0.15, -0.1) is 0 Å². The van der Waals surface area contributed by atoms with E-state index in [1.807, 2.05) is 48.7 Å². The minimum Gasteiger partial charge on any atom is -0.361 e. The fourth-order valence-corrected chi connectivity index (χ4v) is 3.62. The molecule has 5 heteroatoms. The molecular formula is C24H22FN3O. The first kappa shape index (κ1) is 18.9. The highest BCUT2D eigenvalue weighted by Crippen LogP contribution is 2.33. The summed E-state index contributed by atoms with van der Waals surface area (Å²) in [7, 11) is 0. The lowest BCUT2D eigenvalue weighted by Gasteiger charge is -2.17. The van der Waals surface area contributed by atoms with Crippen molar-refractivity contribution in [3.05, 3.63) is 102 Å². The summed E-state index contributed by atoms with van der Waals surface area (Å²) in [5.41, 5.74) is 3.91. The Hall–Kier alpha value is -3.47. The molecule has 0 radical (unpaired) electrons. The minimum atomic E-state index is -0.286. The lowest BCUT2D eigenvalue weighted by molar-refractivity contribution is -0.121. The van der Waals surface area contributed by atoms with Gasteiger partial charge in [0.05, 0.1) is 0 Å². The van der Waals surface area contributed by atoms with Gasteiger partial charge < -0.3 is 10.3 Å². The average molecular weight is 387 g/mol. The van der Waals surface area contributed by atoms with Crippen LogP contribution >= 0.6 is 0 Å². The van der Waals surface area contributed by atoms with Crippen molar-refractivity contribution < 1.29 is 9.18 Å². The lowest BCUT2D eigenvalue weighted by atomic mass is 9.88. The van der Waals surface area contributed by atoms with Gasteiger partial charge in [-0.05, 0) is 41.5 Å². The van der Waals surface area contributed by atoms with Gasteiger partial charge in [-0.25, -0.2) is 4.39 Å². The van der Waals surface area contributed by atoms with Crippen LogP contribution in [0.2, 0.25) is 0 Å². The summed E-state index contributed by atoms with van der Waals surface area (Å²) >= 11 is 0. The van der Waals surface area contributed by atoms with Gasteiger partial charge in [0, 0.05) is 54.3 Å². The van der Waals surface area contributed by atoms with E-state index in [0.717, 1.165) is 27.7 Å². The third-order valence-corrected chi connectivity index (χ3v) is 5.09. The summed E-state index contributed by atoms with van der Waals surface area (Å²) in [6.07, 6.45) is 4.66. The molecule has 0 fully saturated rings. The number of hydrogen-bond acceptors (Lipinski definition) is 2. The fourth-order valence-electron chi connectivity index (χ4n) is 3.62. The van der Waals surface area contributed by atoms with Crippen molar-refractivity contribution in [2.45, 2.75) is 18.8 Å². The highest BCUT2D eigenvalue weighted by atomic mass is 19.1.